The van der Waals surface area contributed by atoms with Gasteiger partial charge in [0.1, 0.15) is 42.6 Å². The molecule has 6 amide bonds. The summed E-state index contributed by atoms with van der Waals surface area (Å²) in [7, 11) is 0.888. The highest BCUT2D eigenvalue weighted by atomic mass is 32.2. The Morgan fingerprint density at radius 1 is 0.810 bits per heavy atom. The lowest BCUT2D eigenvalue weighted by molar-refractivity contribution is -0.142. The average molecular weight is 1410 g/mol. The van der Waals surface area contributed by atoms with Crippen LogP contribution in [0.2, 0.25) is 0 Å². The number of amides is 6. The number of carboxylic acids is 1. The molecule has 1 unspecified atom stereocenters. The van der Waals surface area contributed by atoms with E-state index in [0.29, 0.717) is 46.1 Å². The van der Waals surface area contributed by atoms with Crippen LogP contribution in [0.25, 0.3) is 10.8 Å². The summed E-state index contributed by atoms with van der Waals surface area (Å²) in [5.74, 6) is -9.20. The summed E-state index contributed by atoms with van der Waals surface area (Å²) in [5.41, 5.74) is 9.53. The number of ether oxygens (including phenoxy) is 3. The number of carboxylic acid groups (broad SMARTS) is 1. The molecule has 1 saturated carbocycles. The number of esters is 1. The van der Waals surface area contributed by atoms with Crippen molar-refractivity contribution < 1.29 is 91.4 Å². The number of carbonyl (C=O) groups excluding carboxylic acids is 7. The number of primary amides is 1. The van der Waals surface area contributed by atoms with Crippen molar-refractivity contribution in [3.63, 3.8) is 0 Å². The van der Waals surface area contributed by atoms with Gasteiger partial charge in [0.2, 0.25) is 45.5 Å². The number of hydrogen-bond acceptors (Lipinski definition) is 20. The van der Waals surface area contributed by atoms with E-state index in [1.807, 2.05) is 32.9 Å². The lowest BCUT2D eigenvalue weighted by Crippen LogP contribution is -2.60. The van der Waals surface area contributed by atoms with Crippen LogP contribution in [0.5, 0.6) is 5.75 Å². The molecule has 0 saturated heterocycles. The fourth-order valence-corrected chi connectivity index (χ4v) is 14.5. The molecule has 3 aliphatic rings. The lowest BCUT2D eigenvalue weighted by Gasteiger charge is -2.42. The number of nitrogens with one attached hydrogen (secondary N) is 6. The van der Waals surface area contributed by atoms with Gasteiger partial charge in [-0.2, -0.15) is 0 Å². The number of oxime groups is 1. The number of carbonyl (C=O) groups is 8. The van der Waals surface area contributed by atoms with E-state index in [1.54, 1.807) is 82.4 Å². The van der Waals surface area contributed by atoms with Crippen LogP contribution < -0.4 is 41.9 Å². The quantitative estimate of drug-likeness (QED) is 0.0136. The molecule has 0 radical (unpaired) electrons. The number of aromatic hydroxyl groups is 1. The summed E-state index contributed by atoms with van der Waals surface area (Å²) in [6.45, 7) is 9.16. The number of nitrogens with two attached hydrogens (primary N) is 1. The van der Waals surface area contributed by atoms with Crippen molar-refractivity contribution in [3.8, 4) is 5.75 Å². The molecule has 1 fully saturated rings. The molecule has 544 valence electrons. The first-order valence-corrected chi connectivity index (χ1v) is 34.7. The number of fused-ring (bicyclic) bond motifs is 3. The number of aliphatic carboxylic acids is 1. The van der Waals surface area contributed by atoms with Crippen molar-refractivity contribution in [2.75, 3.05) is 59.1 Å². The summed E-state index contributed by atoms with van der Waals surface area (Å²) in [6, 6.07) is 14.6. The van der Waals surface area contributed by atoms with Gasteiger partial charge in [0, 0.05) is 80.2 Å². The Labute approximate surface area is 581 Å². The number of anilines is 1. The Balaban J connectivity index is 1.01. The monoisotopic (exact) mass is 1410 g/mol. The molecule has 28 nitrogen and oxygen atoms in total. The number of methoxy groups -OCH3 is 1. The van der Waals surface area contributed by atoms with Gasteiger partial charge in [-0.1, -0.05) is 111 Å². The molecule has 4 aromatic carbocycles. The average Bonchev–Trinajstić information content (AvgIpc) is 1.56. The predicted molar refractivity (Wildman–Crippen MR) is 369 cm³/mol. The number of hydrogen-bond donors (Lipinski definition) is 12. The van der Waals surface area contributed by atoms with Crippen LogP contribution in [0.3, 0.4) is 0 Å². The molecule has 3 aliphatic carbocycles. The number of rotatable bonds is 35. The van der Waals surface area contributed by atoms with Crippen molar-refractivity contribution in [1.82, 2.24) is 31.3 Å². The van der Waals surface area contributed by atoms with E-state index in [-0.39, 0.29) is 66.5 Å². The summed E-state index contributed by atoms with van der Waals surface area (Å²) in [4.78, 5) is 114. The van der Waals surface area contributed by atoms with Crippen molar-refractivity contribution >= 4 is 80.1 Å². The molecule has 0 bridgehead atoms. The maximum absolute atomic E-state index is 14.4. The van der Waals surface area contributed by atoms with Crippen LogP contribution >= 0.6 is 0 Å². The molecule has 100 heavy (non-hydrogen) atoms. The summed E-state index contributed by atoms with van der Waals surface area (Å²) in [6.07, 6.45) is 0.687. The van der Waals surface area contributed by atoms with Gasteiger partial charge >= 0.3 is 11.9 Å². The minimum absolute atomic E-state index is 0.00676. The van der Waals surface area contributed by atoms with E-state index in [2.05, 4.69) is 42.5 Å². The van der Waals surface area contributed by atoms with Gasteiger partial charge in [-0.3, -0.25) is 38.4 Å². The third kappa shape index (κ3) is 20.2. The molecular formula is C71H95N9O19S. The number of phenolic OH excluding ortho intramolecular Hbond substituents is 1. The predicted octanol–water partition coefficient (Wildman–Crippen LogP) is 2.76. The first kappa shape index (κ1) is 78.5. The summed E-state index contributed by atoms with van der Waals surface area (Å²) >= 11 is 0. The van der Waals surface area contributed by atoms with E-state index < -0.39 is 144 Å². The smallest absolute Gasteiger partial charge is 0.305 e. The molecule has 29 heteroatoms. The first-order valence-electron chi connectivity index (χ1n) is 33.2. The largest absolute Gasteiger partial charge is 0.508 e. The molecule has 0 aromatic heterocycles. The van der Waals surface area contributed by atoms with Gasteiger partial charge in [-0.15, -0.1) is 0 Å². The van der Waals surface area contributed by atoms with Crippen molar-refractivity contribution in [1.29, 1.82) is 0 Å². The molecule has 4 aromatic rings. The number of sulfonamides is 1. The number of phenols is 1. The molecule has 0 heterocycles. The van der Waals surface area contributed by atoms with E-state index in [9.17, 15) is 72.3 Å². The highest BCUT2D eigenvalue weighted by Crippen LogP contribution is 2.56. The zero-order chi connectivity index (χ0) is 73.3. The van der Waals surface area contributed by atoms with Crippen LogP contribution in [0, 0.1) is 35.0 Å². The zero-order valence-corrected chi connectivity index (χ0v) is 58.6. The van der Waals surface area contributed by atoms with E-state index >= 15 is 0 Å². The topological polar surface area (TPSA) is 423 Å². The third-order valence-corrected chi connectivity index (χ3v) is 20.3. The fraction of sp³-hybridized carbons (Fsp3) is 0.507. The molecular weight excluding hydrogens is 1310 g/mol. The van der Waals surface area contributed by atoms with Gasteiger partial charge in [0.15, 0.2) is 0 Å². The molecule has 13 N–H and O–H groups in total. The molecule has 0 aliphatic heterocycles. The maximum Gasteiger partial charge on any atom is 0.305 e. The van der Waals surface area contributed by atoms with E-state index in [1.165, 1.54) is 43.5 Å². The van der Waals surface area contributed by atoms with Gasteiger partial charge in [0.25, 0.3) is 0 Å². The fourth-order valence-electron chi connectivity index (χ4n) is 13.3. The number of aliphatic hydroxyl groups is 3. The standard InChI is InChI=1S/C71H95N9O19S/c1-39(2)57(38-99-73-32-44-14-10-11-15-45(44)37-98-60-29-51(40(3)35-97-42(5)82)64-66(89)65(88)41(4)48-25-22-46(36-96-9)52(48)31-71(60,64)6)79-69(92)55(30-63(86)87)77-68(91)54(28-43-20-23-47(83)24-21-43)76-70(93)56(34-81)78-67(90)53(26-27-61(72)84)75-62(85)33-74-100(94,95)59-19-13-16-49-50(59)17-12-18-58(49)80(7)8/h10-21,23-24,31-32,39-41,46,48,53-57,60,65-66,74,81,83,88-89H,22,25-30,33-38H2,1-9H3,(H2,72,84)(H,75,85)(H,76,93)(H,77,91)(H,78,90)(H,79,92)(H,86,87)/b52-31-,73-32+/t40-,41-,46-,48+,53+,54+,55+,56+,57-,60?,65-,66-,71+/m1/s1. The minimum Gasteiger partial charge on any atom is -0.508 e. The Morgan fingerprint density at radius 3 is 2.12 bits per heavy atom. The second-order valence-corrected chi connectivity index (χ2v) is 28.3. The van der Waals surface area contributed by atoms with Gasteiger partial charge in [0.05, 0.1) is 68.8 Å². The number of nitrogens with zero attached hydrogens (tertiary/aromatic N) is 2. The van der Waals surface area contributed by atoms with Crippen LogP contribution in [-0.4, -0.2) is 190 Å². The zero-order valence-electron chi connectivity index (χ0n) is 57.8. The highest BCUT2D eigenvalue weighted by molar-refractivity contribution is 7.89. The van der Waals surface area contributed by atoms with E-state index in [0.717, 1.165) is 29.7 Å². The van der Waals surface area contributed by atoms with Crippen molar-refractivity contribution in [3.05, 3.63) is 124 Å². The van der Waals surface area contributed by atoms with Crippen molar-refractivity contribution in [2.24, 2.45) is 45.9 Å². The summed E-state index contributed by atoms with van der Waals surface area (Å²) in [5, 5.41) is 71.9. The van der Waals surface area contributed by atoms with Crippen LogP contribution in [0.1, 0.15) is 96.8 Å². The molecule has 13 atom stereocenters. The second kappa shape index (κ2) is 35.5. The number of benzene rings is 4. The molecule has 7 rings (SSSR count). The lowest BCUT2D eigenvalue weighted by atomic mass is 9.68. The Kier molecular flexibility index (Phi) is 27.8. The van der Waals surface area contributed by atoms with Gasteiger partial charge < -0.3 is 81.8 Å². The first-order chi connectivity index (χ1) is 47.4. The van der Waals surface area contributed by atoms with Crippen LogP contribution in [0.4, 0.5) is 5.69 Å². The van der Waals surface area contributed by atoms with Gasteiger partial charge in [-0.25, -0.2) is 13.1 Å². The van der Waals surface area contributed by atoms with E-state index in [4.69, 9.17) is 24.8 Å². The van der Waals surface area contributed by atoms with Crippen LogP contribution in [0.15, 0.2) is 118 Å². The van der Waals surface area contributed by atoms with Crippen LogP contribution in [-0.2, 0) is 80.5 Å². The minimum atomic E-state index is -4.36. The Hall–Kier alpha value is -8.84. The summed E-state index contributed by atoms with van der Waals surface area (Å²) < 4.78 is 47.5. The SMILES string of the molecule is COC[C@H]1CC[C@@H]2/C1=C\[C@]1(C)C(=C([C@H](C)COC(C)=O)CC1OCc1ccccc1/C=N/OC[C@@H](NC(=O)[C@H](CC(=O)O)NC(=O)[C@H](Cc1ccc(O)cc1)NC(=O)[C@H](CO)NC(=O)[C@H](CCC(N)=O)NC(=O)CNS(=O)(=O)c1cccc3c(N(C)C)cccc13)C(C)C)[C@@H](O)[C@H](O)[C@@H]2C. The molecule has 0 spiro atoms. The highest BCUT2D eigenvalue weighted by Gasteiger charge is 2.54. The maximum atomic E-state index is 14.4. The Morgan fingerprint density at radius 2 is 1.46 bits per heavy atom. The Bertz CT molecular complexity index is 3810. The number of aliphatic hydroxyl groups excluding tert-OH is 3. The second-order valence-electron chi connectivity index (χ2n) is 26.6. The normalized spacial score (nSPS) is 22.1. The van der Waals surface area contributed by atoms with Crippen molar-refractivity contribution in [2.45, 2.75) is 147 Å². The van der Waals surface area contributed by atoms with Gasteiger partial charge in [-0.05, 0) is 91.3 Å². The third-order valence-electron chi connectivity index (χ3n) is 18.9.